The summed E-state index contributed by atoms with van der Waals surface area (Å²) in [6, 6.07) is 7.95. The van der Waals surface area contributed by atoms with Crippen LogP contribution in [0.1, 0.15) is 36.0 Å². The highest BCUT2D eigenvalue weighted by Crippen LogP contribution is 2.21. The maximum Gasteiger partial charge on any atom is 0.152 e. The smallest absolute Gasteiger partial charge is 0.152 e. The minimum atomic E-state index is 0.804. The molecule has 5 nitrogen and oxygen atoms in total. The minimum Gasteiger partial charge on any atom is -0.463 e. The molecule has 0 atom stereocenters. The molecule has 4 rings (SSSR count). The summed E-state index contributed by atoms with van der Waals surface area (Å²) < 4.78 is 5.39. The zero-order valence-corrected chi connectivity index (χ0v) is 14.5. The van der Waals surface area contributed by atoms with Gasteiger partial charge in [-0.15, -0.1) is 0 Å². The molecule has 0 spiro atoms. The molecule has 0 fully saturated rings. The number of rotatable bonds is 5. The van der Waals surface area contributed by atoms with Crippen LogP contribution >= 0.6 is 0 Å². The lowest BCUT2D eigenvalue weighted by Crippen LogP contribution is -2.31. The summed E-state index contributed by atoms with van der Waals surface area (Å²) in [5.41, 5.74) is 4.56. The molecular formula is C20H22N4O. The van der Waals surface area contributed by atoms with E-state index in [-0.39, 0.29) is 0 Å². The van der Waals surface area contributed by atoms with Crippen LogP contribution in [0.3, 0.4) is 0 Å². The molecule has 0 radical (unpaired) electrons. The SMILES string of the molecule is CCCc1ncc2c(n1)CCN(Cc1ccc(-c3ccco3)nc1)C2. The van der Waals surface area contributed by atoms with E-state index in [1.54, 1.807) is 6.26 Å². The number of hydrogen-bond acceptors (Lipinski definition) is 5. The summed E-state index contributed by atoms with van der Waals surface area (Å²) in [7, 11) is 0. The van der Waals surface area contributed by atoms with Crippen molar-refractivity contribution in [2.75, 3.05) is 6.54 Å². The third-order valence-corrected chi connectivity index (χ3v) is 4.54. The van der Waals surface area contributed by atoms with E-state index in [4.69, 9.17) is 9.40 Å². The van der Waals surface area contributed by atoms with Gasteiger partial charge in [0.25, 0.3) is 0 Å². The summed E-state index contributed by atoms with van der Waals surface area (Å²) in [5.74, 6) is 1.78. The highest BCUT2D eigenvalue weighted by molar-refractivity contribution is 5.51. The van der Waals surface area contributed by atoms with E-state index in [9.17, 15) is 0 Å². The van der Waals surface area contributed by atoms with Crippen molar-refractivity contribution in [2.45, 2.75) is 39.3 Å². The van der Waals surface area contributed by atoms with Crippen molar-refractivity contribution in [3.05, 3.63) is 65.6 Å². The number of pyridine rings is 1. The lowest BCUT2D eigenvalue weighted by Gasteiger charge is -2.28. The van der Waals surface area contributed by atoms with Crippen LogP contribution in [-0.2, 0) is 25.9 Å². The number of nitrogens with zero attached hydrogens (tertiary/aromatic N) is 4. The molecule has 0 amide bonds. The van der Waals surface area contributed by atoms with Crippen LogP contribution in [0.25, 0.3) is 11.5 Å². The Morgan fingerprint density at radius 2 is 2.12 bits per heavy atom. The first-order valence-electron chi connectivity index (χ1n) is 8.86. The molecule has 128 valence electrons. The largest absolute Gasteiger partial charge is 0.463 e. The van der Waals surface area contributed by atoms with Crippen molar-refractivity contribution in [3.63, 3.8) is 0 Å². The molecule has 4 heterocycles. The van der Waals surface area contributed by atoms with E-state index in [0.717, 1.165) is 56.2 Å². The lowest BCUT2D eigenvalue weighted by molar-refractivity contribution is 0.242. The number of aryl methyl sites for hydroxylation is 1. The average molecular weight is 334 g/mol. The van der Waals surface area contributed by atoms with Crippen molar-refractivity contribution in [1.29, 1.82) is 0 Å². The molecule has 0 unspecified atom stereocenters. The molecule has 0 N–H and O–H groups in total. The van der Waals surface area contributed by atoms with E-state index in [2.05, 4.69) is 27.9 Å². The molecule has 0 bridgehead atoms. The van der Waals surface area contributed by atoms with E-state index in [1.807, 2.05) is 30.6 Å². The van der Waals surface area contributed by atoms with Gasteiger partial charge in [0.05, 0.1) is 6.26 Å². The van der Waals surface area contributed by atoms with Gasteiger partial charge in [-0.1, -0.05) is 13.0 Å². The third kappa shape index (κ3) is 3.61. The average Bonchev–Trinajstić information content (AvgIpc) is 3.17. The van der Waals surface area contributed by atoms with Crippen molar-refractivity contribution >= 4 is 0 Å². The first kappa shape index (κ1) is 16.0. The first-order chi connectivity index (χ1) is 12.3. The summed E-state index contributed by atoms with van der Waals surface area (Å²) in [4.78, 5) is 16.2. The van der Waals surface area contributed by atoms with Crippen molar-refractivity contribution in [2.24, 2.45) is 0 Å². The molecule has 3 aromatic heterocycles. The van der Waals surface area contributed by atoms with Crippen molar-refractivity contribution in [3.8, 4) is 11.5 Å². The van der Waals surface area contributed by atoms with E-state index < -0.39 is 0 Å². The summed E-state index contributed by atoms with van der Waals surface area (Å²) >= 11 is 0. The maximum absolute atomic E-state index is 5.39. The van der Waals surface area contributed by atoms with Crippen LogP contribution in [0.4, 0.5) is 0 Å². The quantitative estimate of drug-likeness (QED) is 0.713. The first-order valence-corrected chi connectivity index (χ1v) is 8.86. The molecule has 1 aliphatic rings. The van der Waals surface area contributed by atoms with Crippen LogP contribution in [0.15, 0.2) is 47.3 Å². The van der Waals surface area contributed by atoms with Gasteiger partial charge in [0.2, 0.25) is 0 Å². The number of aromatic nitrogens is 3. The van der Waals surface area contributed by atoms with Gasteiger partial charge in [-0.3, -0.25) is 9.88 Å². The van der Waals surface area contributed by atoms with Gasteiger partial charge in [-0.2, -0.15) is 0 Å². The highest BCUT2D eigenvalue weighted by Gasteiger charge is 2.18. The Balaban J connectivity index is 1.42. The van der Waals surface area contributed by atoms with Gasteiger partial charge < -0.3 is 4.42 Å². The standard InChI is InChI=1S/C20H22N4O/c1-2-4-20-22-12-16-14-24(9-8-17(16)23-20)13-15-6-7-18(21-11-15)19-5-3-10-25-19/h3,5-7,10-12H,2,4,8-9,13-14H2,1H3. The zero-order chi connectivity index (χ0) is 17.1. The Morgan fingerprint density at radius 3 is 2.88 bits per heavy atom. The highest BCUT2D eigenvalue weighted by atomic mass is 16.3. The molecule has 5 heteroatoms. The molecule has 0 saturated carbocycles. The van der Waals surface area contributed by atoms with E-state index >= 15 is 0 Å². The second-order valence-corrected chi connectivity index (χ2v) is 6.50. The fourth-order valence-electron chi connectivity index (χ4n) is 3.24. The Hall–Kier alpha value is -2.53. The van der Waals surface area contributed by atoms with Gasteiger partial charge in [0.1, 0.15) is 11.5 Å². The molecule has 3 aromatic rings. The van der Waals surface area contributed by atoms with Crippen molar-refractivity contribution < 1.29 is 4.42 Å². The van der Waals surface area contributed by atoms with Crippen LogP contribution in [-0.4, -0.2) is 26.4 Å². The van der Waals surface area contributed by atoms with Crippen LogP contribution < -0.4 is 0 Å². The molecule has 1 aliphatic heterocycles. The van der Waals surface area contributed by atoms with Crippen LogP contribution in [0.5, 0.6) is 0 Å². The third-order valence-electron chi connectivity index (χ3n) is 4.54. The topological polar surface area (TPSA) is 55.1 Å². The molecular weight excluding hydrogens is 312 g/mol. The maximum atomic E-state index is 5.39. The van der Waals surface area contributed by atoms with Gasteiger partial charge in [0, 0.05) is 56.1 Å². The number of furan rings is 1. The zero-order valence-electron chi connectivity index (χ0n) is 14.5. The van der Waals surface area contributed by atoms with Gasteiger partial charge in [-0.05, 0) is 30.2 Å². The second-order valence-electron chi connectivity index (χ2n) is 6.50. The molecule has 25 heavy (non-hydrogen) atoms. The fourth-order valence-corrected chi connectivity index (χ4v) is 3.24. The van der Waals surface area contributed by atoms with Gasteiger partial charge in [0.15, 0.2) is 5.76 Å². The summed E-state index contributed by atoms with van der Waals surface area (Å²) in [6.45, 7) is 4.98. The predicted octanol–water partition coefficient (Wildman–Crippen LogP) is 3.64. The summed E-state index contributed by atoms with van der Waals surface area (Å²) in [6.07, 6.45) is 8.67. The monoisotopic (exact) mass is 334 g/mol. The van der Waals surface area contributed by atoms with E-state index in [1.165, 1.54) is 16.8 Å². The Morgan fingerprint density at radius 1 is 1.16 bits per heavy atom. The normalized spacial score (nSPS) is 14.4. The van der Waals surface area contributed by atoms with Gasteiger partial charge in [-0.25, -0.2) is 9.97 Å². The van der Waals surface area contributed by atoms with Crippen LogP contribution in [0.2, 0.25) is 0 Å². The minimum absolute atomic E-state index is 0.804. The lowest BCUT2D eigenvalue weighted by atomic mass is 10.1. The van der Waals surface area contributed by atoms with E-state index in [0.29, 0.717) is 0 Å². The second kappa shape index (κ2) is 7.15. The van der Waals surface area contributed by atoms with Gasteiger partial charge >= 0.3 is 0 Å². The number of fused-ring (bicyclic) bond motifs is 1. The van der Waals surface area contributed by atoms with Crippen LogP contribution in [0, 0.1) is 0 Å². The predicted molar refractivity (Wildman–Crippen MR) is 95.8 cm³/mol. The Bertz CT molecular complexity index is 827. The Kier molecular flexibility index (Phi) is 4.57. The molecule has 0 aromatic carbocycles. The number of hydrogen-bond donors (Lipinski definition) is 0. The van der Waals surface area contributed by atoms with Crippen molar-refractivity contribution in [1.82, 2.24) is 19.9 Å². The fraction of sp³-hybridized carbons (Fsp3) is 0.350. The molecule has 0 aliphatic carbocycles. The Labute approximate surface area is 147 Å². The molecule has 0 saturated heterocycles. The summed E-state index contributed by atoms with van der Waals surface area (Å²) in [5, 5.41) is 0.